The second-order valence-electron chi connectivity index (χ2n) is 7.36. The third-order valence-electron chi connectivity index (χ3n) is 5.65. The summed E-state index contributed by atoms with van der Waals surface area (Å²) in [5, 5.41) is 0. The number of nitrogens with zero attached hydrogens (tertiary/aromatic N) is 4. The monoisotopic (exact) mass is 420 g/mol. The van der Waals surface area contributed by atoms with Gasteiger partial charge in [-0.3, -0.25) is 23.6 Å². The van der Waals surface area contributed by atoms with Gasteiger partial charge in [0.05, 0.1) is 5.69 Å². The molecule has 2 aromatic rings. The van der Waals surface area contributed by atoms with Crippen LogP contribution >= 0.6 is 15.9 Å². The molecule has 0 saturated carbocycles. The first-order chi connectivity index (χ1) is 12.4. The minimum Gasteiger partial charge on any atom is -0.312 e. The zero-order valence-corrected chi connectivity index (χ0v) is 16.4. The summed E-state index contributed by atoms with van der Waals surface area (Å²) < 4.78 is 4.99. The van der Waals surface area contributed by atoms with Crippen molar-refractivity contribution < 1.29 is 0 Å². The maximum atomic E-state index is 12.2. The highest BCUT2D eigenvalue weighted by Crippen LogP contribution is 2.35. The van der Waals surface area contributed by atoms with Crippen LogP contribution in [-0.4, -0.2) is 31.7 Å². The van der Waals surface area contributed by atoms with Gasteiger partial charge < -0.3 is 4.57 Å². The quantitative estimate of drug-likeness (QED) is 0.714. The third-order valence-corrected chi connectivity index (χ3v) is 6.45. The van der Waals surface area contributed by atoms with E-state index in [2.05, 4.69) is 20.8 Å². The lowest BCUT2D eigenvalue weighted by Gasteiger charge is -2.43. The number of piperidine rings is 1. The van der Waals surface area contributed by atoms with E-state index in [0.29, 0.717) is 28.5 Å². The molecule has 0 aromatic carbocycles. The molecule has 26 heavy (non-hydrogen) atoms. The highest BCUT2D eigenvalue weighted by molar-refractivity contribution is 9.10. The normalized spacial score (nSPS) is 22.3. The molecule has 2 atom stereocenters. The minimum absolute atomic E-state index is 0.0716. The Kier molecular flexibility index (Phi) is 4.27. The Morgan fingerprint density at radius 3 is 2.62 bits per heavy atom. The lowest BCUT2D eigenvalue weighted by atomic mass is 9.83. The molecule has 0 spiro atoms. The molecule has 1 saturated heterocycles. The predicted molar refractivity (Wildman–Crippen MR) is 101 cm³/mol. The van der Waals surface area contributed by atoms with Crippen LogP contribution in [0.15, 0.2) is 37.1 Å². The summed E-state index contributed by atoms with van der Waals surface area (Å²) in [6.45, 7) is 2.94. The van der Waals surface area contributed by atoms with Crippen molar-refractivity contribution in [3.05, 3.63) is 65.3 Å². The molecule has 8 heteroatoms. The van der Waals surface area contributed by atoms with Crippen LogP contribution in [0, 0.1) is 5.92 Å². The SMILES string of the molecule is Cn1c(CN2CC3CC(C2)c2cccc(=O)n2C3)c(Br)c(=O)n(C)c1=O. The van der Waals surface area contributed by atoms with Crippen molar-refractivity contribution in [1.82, 2.24) is 18.6 Å². The maximum absolute atomic E-state index is 12.2. The summed E-state index contributed by atoms with van der Waals surface area (Å²) in [6.07, 6.45) is 1.08. The highest BCUT2D eigenvalue weighted by atomic mass is 79.9. The molecule has 2 aromatic heterocycles. The molecule has 0 radical (unpaired) electrons. The first-order valence-electron chi connectivity index (χ1n) is 8.73. The first kappa shape index (κ1) is 17.5. The van der Waals surface area contributed by atoms with Crippen LogP contribution in [0.2, 0.25) is 0 Å². The van der Waals surface area contributed by atoms with Gasteiger partial charge in [-0.25, -0.2) is 4.79 Å². The Balaban J connectivity index is 1.66. The van der Waals surface area contributed by atoms with Crippen molar-refractivity contribution in [3.63, 3.8) is 0 Å². The van der Waals surface area contributed by atoms with Crippen molar-refractivity contribution in [3.8, 4) is 0 Å². The van der Waals surface area contributed by atoms with E-state index in [1.807, 2.05) is 16.7 Å². The number of aromatic nitrogens is 3. The Bertz CT molecular complexity index is 1010. The number of halogens is 1. The molecule has 7 nitrogen and oxygen atoms in total. The molecule has 2 bridgehead atoms. The van der Waals surface area contributed by atoms with E-state index in [1.165, 1.54) is 11.6 Å². The van der Waals surface area contributed by atoms with Gasteiger partial charge in [0, 0.05) is 58.0 Å². The molecule has 0 N–H and O–H groups in total. The zero-order chi connectivity index (χ0) is 18.6. The molecule has 2 aliphatic heterocycles. The van der Waals surface area contributed by atoms with Crippen LogP contribution in [0.4, 0.5) is 0 Å². The van der Waals surface area contributed by atoms with Gasteiger partial charge in [0.2, 0.25) is 0 Å². The summed E-state index contributed by atoms with van der Waals surface area (Å²) in [5.74, 6) is 0.711. The van der Waals surface area contributed by atoms with E-state index in [4.69, 9.17) is 0 Å². The Labute approximate surface area is 158 Å². The van der Waals surface area contributed by atoms with E-state index < -0.39 is 0 Å². The van der Waals surface area contributed by atoms with E-state index in [0.717, 1.165) is 36.3 Å². The summed E-state index contributed by atoms with van der Waals surface area (Å²) in [6, 6.07) is 5.49. The van der Waals surface area contributed by atoms with Crippen LogP contribution in [-0.2, 0) is 27.2 Å². The number of fused-ring (bicyclic) bond motifs is 4. The summed E-state index contributed by atoms with van der Waals surface area (Å²) in [4.78, 5) is 38.9. The van der Waals surface area contributed by atoms with Gasteiger partial charge in [-0.05, 0) is 34.3 Å². The Hall–Kier alpha value is -1.93. The molecule has 4 rings (SSSR count). The van der Waals surface area contributed by atoms with Gasteiger partial charge in [0.1, 0.15) is 4.47 Å². The standard InChI is InChI=1S/C18H21BrN4O3/c1-20-14(16(19)17(25)21(2)18(20)26)10-22-7-11-6-12(9-22)13-4-3-5-15(24)23(13)8-11/h3-5,11-12H,6-10H2,1-2H3. The van der Waals surface area contributed by atoms with E-state index in [9.17, 15) is 14.4 Å². The van der Waals surface area contributed by atoms with Gasteiger partial charge >= 0.3 is 5.69 Å². The molecule has 0 amide bonds. The van der Waals surface area contributed by atoms with Crippen LogP contribution < -0.4 is 16.8 Å². The largest absolute Gasteiger partial charge is 0.330 e. The average Bonchev–Trinajstić information content (AvgIpc) is 2.63. The summed E-state index contributed by atoms with van der Waals surface area (Å²) >= 11 is 3.37. The number of hydrogen-bond donors (Lipinski definition) is 0. The smallest absolute Gasteiger partial charge is 0.312 e. The molecular formula is C18H21BrN4O3. The minimum atomic E-state index is -0.317. The second-order valence-corrected chi connectivity index (χ2v) is 8.15. The molecule has 138 valence electrons. The van der Waals surface area contributed by atoms with E-state index in [-0.39, 0.29) is 16.8 Å². The average molecular weight is 421 g/mol. The van der Waals surface area contributed by atoms with Gasteiger partial charge in [-0.15, -0.1) is 0 Å². The van der Waals surface area contributed by atoms with E-state index in [1.54, 1.807) is 13.1 Å². The van der Waals surface area contributed by atoms with Gasteiger partial charge in [0.15, 0.2) is 0 Å². The van der Waals surface area contributed by atoms with Crippen molar-refractivity contribution in [1.29, 1.82) is 0 Å². The summed E-state index contributed by atoms with van der Waals surface area (Å²) in [7, 11) is 3.18. The van der Waals surface area contributed by atoms with Crippen molar-refractivity contribution in [2.24, 2.45) is 20.0 Å². The van der Waals surface area contributed by atoms with Crippen molar-refractivity contribution >= 4 is 15.9 Å². The molecular weight excluding hydrogens is 400 g/mol. The molecule has 1 fully saturated rings. The highest BCUT2D eigenvalue weighted by Gasteiger charge is 2.34. The molecule has 4 heterocycles. The zero-order valence-electron chi connectivity index (χ0n) is 14.8. The van der Waals surface area contributed by atoms with Crippen LogP contribution in [0.1, 0.15) is 23.7 Å². The fourth-order valence-corrected chi connectivity index (χ4v) is 5.01. The maximum Gasteiger partial charge on any atom is 0.330 e. The molecule has 0 aliphatic carbocycles. The van der Waals surface area contributed by atoms with Crippen molar-refractivity contribution in [2.45, 2.75) is 25.4 Å². The molecule has 2 unspecified atom stereocenters. The number of likely N-dealkylation sites (tertiary alicyclic amines) is 1. The van der Waals surface area contributed by atoms with E-state index >= 15 is 0 Å². The van der Waals surface area contributed by atoms with Crippen molar-refractivity contribution in [2.75, 3.05) is 13.1 Å². The third kappa shape index (κ3) is 2.72. The number of hydrogen-bond acceptors (Lipinski definition) is 4. The van der Waals surface area contributed by atoms with Gasteiger partial charge in [0.25, 0.3) is 11.1 Å². The van der Waals surface area contributed by atoms with Gasteiger partial charge in [-0.2, -0.15) is 0 Å². The van der Waals surface area contributed by atoms with Crippen LogP contribution in [0.3, 0.4) is 0 Å². The lowest BCUT2D eigenvalue weighted by molar-refractivity contribution is 0.111. The Morgan fingerprint density at radius 2 is 1.85 bits per heavy atom. The fourth-order valence-electron chi connectivity index (χ4n) is 4.36. The molecule has 2 aliphatic rings. The van der Waals surface area contributed by atoms with Gasteiger partial charge in [-0.1, -0.05) is 6.07 Å². The lowest BCUT2D eigenvalue weighted by Crippen LogP contribution is -2.48. The predicted octanol–water partition coefficient (Wildman–Crippen LogP) is 0.627. The van der Waals surface area contributed by atoms with Crippen LogP contribution in [0.5, 0.6) is 0 Å². The Morgan fingerprint density at radius 1 is 1.08 bits per heavy atom. The second kappa shape index (κ2) is 6.35. The van der Waals surface area contributed by atoms with Crippen LogP contribution in [0.25, 0.3) is 0 Å². The number of rotatable bonds is 2. The first-order valence-corrected chi connectivity index (χ1v) is 9.52. The summed E-state index contributed by atoms with van der Waals surface area (Å²) in [5.41, 5.74) is 1.24. The fraction of sp³-hybridized carbons (Fsp3) is 0.500. The topological polar surface area (TPSA) is 69.2 Å². The number of pyridine rings is 1.